The molecule has 0 aliphatic carbocycles. The Morgan fingerprint density at radius 1 is 1.41 bits per heavy atom. The standard InChI is InChI=1S/C12H14N2O3/c1-12(2)8-13(11(12)15)7-9-5-3-4-6-10(9)14(16)17/h3-6H,7-8H2,1-2H3. The zero-order valence-corrected chi connectivity index (χ0v) is 9.84. The summed E-state index contributed by atoms with van der Waals surface area (Å²) in [5.41, 5.74) is 0.343. The molecule has 1 aromatic carbocycles. The number of likely N-dealkylation sites (tertiary alicyclic amines) is 1. The second-order valence-corrected chi connectivity index (χ2v) is 4.93. The summed E-state index contributed by atoms with van der Waals surface area (Å²) < 4.78 is 0. The summed E-state index contributed by atoms with van der Waals surface area (Å²) >= 11 is 0. The molecule has 0 bridgehead atoms. The number of amides is 1. The lowest BCUT2D eigenvalue weighted by Gasteiger charge is -2.44. The minimum atomic E-state index is -0.412. The highest BCUT2D eigenvalue weighted by Crippen LogP contribution is 2.33. The molecule has 0 saturated carbocycles. The van der Waals surface area contributed by atoms with Crippen molar-refractivity contribution in [3.8, 4) is 0 Å². The zero-order valence-electron chi connectivity index (χ0n) is 9.84. The first kappa shape index (κ1) is 11.6. The average Bonchev–Trinajstić information content (AvgIpc) is 2.28. The SMILES string of the molecule is CC1(C)CN(Cc2ccccc2[N+](=O)[O-])C1=O. The van der Waals surface area contributed by atoms with Crippen LogP contribution in [0.3, 0.4) is 0 Å². The van der Waals surface area contributed by atoms with E-state index in [-0.39, 0.29) is 17.0 Å². The number of rotatable bonds is 3. The molecule has 5 nitrogen and oxygen atoms in total. The molecule has 0 radical (unpaired) electrons. The molecule has 1 amide bonds. The minimum absolute atomic E-state index is 0.0515. The van der Waals surface area contributed by atoms with Crippen molar-refractivity contribution in [1.82, 2.24) is 4.90 Å². The highest BCUT2D eigenvalue weighted by atomic mass is 16.6. The monoisotopic (exact) mass is 234 g/mol. The molecule has 0 atom stereocenters. The van der Waals surface area contributed by atoms with E-state index in [0.29, 0.717) is 18.7 Å². The number of hydrogen-bond acceptors (Lipinski definition) is 3. The van der Waals surface area contributed by atoms with Crippen LogP contribution in [0.4, 0.5) is 5.69 Å². The van der Waals surface area contributed by atoms with Crippen molar-refractivity contribution >= 4 is 11.6 Å². The predicted octanol–water partition coefficient (Wildman–Crippen LogP) is 1.96. The van der Waals surface area contributed by atoms with E-state index in [1.54, 1.807) is 23.1 Å². The van der Waals surface area contributed by atoms with Crippen molar-refractivity contribution in [2.45, 2.75) is 20.4 Å². The van der Waals surface area contributed by atoms with Crippen molar-refractivity contribution in [2.75, 3.05) is 6.54 Å². The molecule has 1 aliphatic heterocycles. The molecule has 0 N–H and O–H groups in total. The van der Waals surface area contributed by atoms with Crippen molar-refractivity contribution < 1.29 is 9.72 Å². The molecule has 1 aliphatic rings. The van der Waals surface area contributed by atoms with Crippen LogP contribution in [0.15, 0.2) is 24.3 Å². The van der Waals surface area contributed by atoms with Crippen LogP contribution in [0.1, 0.15) is 19.4 Å². The predicted molar refractivity (Wildman–Crippen MR) is 62.3 cm³/mol. The Hall–Kier alpha value is -1.91. The van der Waals surface area contributed by atoms with Gasteiger partial charge in [-0.05, 0) is 13.8 Å². The second-order valence-electron chi connectivity index (χ2n) is 4.93. The largest absolute Gasteiger partial charge is 0.337 e. The Morgan fingerprint density at radius 3 is 2.59 bits per heavy atom. The molecule has 1 aromatic rings. The molecule has 90 valence electrons. The summed E-state index contributed by atoms with van der Waals surface area (Å²) in [4.78, 5) is 23.8. The highest BCUT2D eigenvalue weighted by molar-refractivity contribution is 5.87. The summed E-state index contributed by atoms with van der Waals surface area (Å²) in [5, 5.41) is 10.8. The molecule has 2 rings (SSSR count). The van der Waals surface area contributed by atoms with Gasteiger partial charge in [-0.15, -0.1) is 0 Å². The molecule has 5 heteroatoms. The normalized spacial score (nSPS) is 17.8. The highest BCUT2D eigenvalue weighted by Gasteiger charge is 2.44. The van der Waals surface area contributed by atoms with E-state index in [1.165, 1.54) is 6.07 Å². The Bertz CT molecular complexity index is 482. The number of carbonyl (C=O) groups excluding carboxylic acids is 1. The van der Waals surface area contributed by atoms with E-state index in [1.807, 2.05) is 13.8 Å². The van der Waals surface area contributed by atoms with E-state index in [0.717, 1.165) is 0 Å². The molecular formula is C12H14N2O3. The molecule has 0 aromatic heterocycles. The number of nitrogens with zero attached hydrogens (tertiary/aromatic N) is 2. The summed E-state index contributed by atoms with van der Waals surface area (Å²) in [6.45, 7) is 4.73. The van der Waals surface area contributed by atoms with Crippen LogP contribution in [0.2, 0.25) is 0 Å². The van der Waals surface area contributed by atoms with E-state index in [2.05, 4.69) is 0 Å². The van der Waals surface area contributed by atoms with Crippen LogP contribution in [-0.4, -0.2) is 22.3 Å². The topological polar surface area (TPSA) is 63.4 Å². The number of β-lactam (4-membered cyclic amide) rings is 1. The van der Waals surface area contributed by atoms with Gasteiger partial charge in [-0.25, -0.2) is 0 Å². The summed E-state index contributed by atoms with van der Waals surface area (Å²) in [6.07, 6.45) is 0. The number of nitro benzene ring substituents is 1. The zero-order chi connectivity index (χ0) is 12.6. The van der Waals surface area contributed by atoms with E-state index >= 15 is 0 Å². The fourth-order valence-corrected chi connectivity index (χ4v) is 2.11. The Labute approximate surface area is 99.2 Å². The van der Waals surface area contributed by atoms with Gasteiger partial charge < -0.3 is 4.90 Å². The smallest absolute Gasteiger partial charge is 0.274 e. The molecule has 1 heterocycles. The number of para-hydroxylation sites is 1. The molecule has 17 heavy (non-hydrogen) atoms. The van der Waals surface area contributed by atoms with Gasteiger partial charge in [-0.1, -0.05) is 18.2 Å². The van der Waals surface area contributed by atoms with Gasteiger partial charge in [0, 0.05) is 18.2 Å². The lowest BCUT2D eigenvalue weighted by Crippen LogP contribution is -2.57. The van der Waals surface area contributed by atoms with Gasteiger partial charge in [-0.2, -0.15) is 0 Å². The van der Waals surface area contributed by atoms with Crippen molar-refractivity contribution in [1.29, 1.82) is 0 Å². The molecule has 0 unspecified atom stereocenters. The lowest BCUT2D eigenvalue weighted by atomic mass is 9.83. The third-order valence-electron chi connectivity index (χ3n) is 3.00. The third-order valence-corrected chi connectivity index (χ3v) is 3.00. The van der Waals surface area contributed by atoms with Crippen LogP contribution in [-0.2, 0) is 11.3 Å². The van der Waals surface area contributed by atoms with Crippen LogP contribution >= 0.6 is 0 Å². The van der Waals surface area contributed by atoms with Gasteiger partial charge in [0.05, 0.1) is 16.9 Å². The minimum Gasteiger partial charge on any atom is -0.337 e. The Balaban J connectivity index is 2.16. The van der Waals surface area contributed by atoms with Crippen LogP contribution in [0.5, 0.6) is 0 Å². The number of nitro groups is 1. The van der Waals surface area contributed by atoms with Crippen LogP contribution < -0.4 is 0 Å². The fourth-order valence-electron chi connectivity index (χ4n) is 2.11. The third kappa shape index (κ3) is 2.00. The first-order chi connectivity index (χ1) is 7.92. The average molecular weight is 234 g/mol. The van der Waals surface area contributed by atoms with Crippen LogP contribution in [0.25, 0.3) is 0 Å². The van der Waals surface area contributed by atoms with Gasteiger partial charge in [0.15, 0.2) is 0 Å². The Morgan fingerprint density at radius 2 is 2.06 bits per heavy atom. The lowest BCUT2D eigenvalue weighted by molar-refractivity contribution is -0.385. The molecule has 1 saturated heterocycles. The van der Waals surface area contributed by atoms with E-state index in [4.69, 9.17) is 0 Å². The molecule has 1 fully saturated rings. The van der Waals surface area contributed by atoms with Crippen LogP contribution in [0, 0.1) is 15.5 Å². The summed E-state index contributed by atoms with van der Waals surface area (Å²) in [5.74, 6) is 0.0515. The maximum Gasteiger partial charge on any atom is 0.274 e. The Kier molecular flexibility index (Phi) is 2.61. The van der Waals surface area contributed by atoms with Gasteiger partial charge in [0.2, 0.25) is 5.91 Å². The molecular weight excluding hydrogens is 220 g/mol. The summed E-state index contributed by atoms with van der Waals surface area (Å²) in [6, 6.07) is 6.53. The van der Waals surface area contributed by atoms with Crippen molar-refractivity contribution in [3.05, 3.63) is 39.9 Å². The first-order valence-electron chi connectivity index (χ1n) is 5.43. The quantitative estimate of drug-likeness (QED) is 0.456. The number of hydrogen-bond donors (Lipinski definition) is 0. The van der Waals surface area contributed by atoms with Crippen molar-refractivity contribution in [2.24, 2.45) is 5.41 Å². The first-order valence-corrected chi connectivity index (χ1v) is 5.43. The van der Waals surface area contributed by atoms with E-state index < -0.39 is 4.92 Å². The van der Waals surface area contributed by atoms with Gasteiger partial charge in [0.25, 0.3) is 5.69 Å². The summed E-state index contributed by atoms with van der Waals surface area (Å²) in [7, 11) is 0. The van der Waals surface area contributed by atoms with Crippen molar-refractivity contribution in [3.63, 3.8) is 0 Å². The molecule has 0 spiro atoms. The maximum absolute atomic E-state index is 11.7. The maximum atomic E-state index is 11.7. The van der Waals surface area contributed by atoms with Gasteiger partial charge >= 0.3 is 0 Å². The number of carbonyl (C=O) groups is 1. The fraction of sp³-hybridized carbons (Fsp3) is 0.417. The number of benzene rings is 1. The van der Waals surface area contributed by atoms with Gasteiger partial charge in [-0.3, -0.25) is 14.9 Å². The second kappa shape index (κ2) is 3.84. The van der Waals surface area contributed by atoms with Gasteiger partial charge in [0.1, 0.15) is 0 Å². The van der Waals surface area contributed by atoms with E-state index in [9.17, 15) is 14.9 Å².